The van der Waals surface area contributed by atoms with Gasteiger partial charge < -0.3 is 5.32 Å². The Morgan fingerprint density at radius 3 is 2.31 bits per heavy atom. The first-order valence-corrected chi connectivity index (χ1v) is 7.31. The molecule has 2 rings (SSSR count). The second-order valence-corrected chi connectivity index (χ2v) is 7.05. The number of rotatable bonds is 4. The van der Waals surface area contributed by atoms with Crippen molar-refractivity contribution >= 4 is 0 Å². The van der Waals surface area contributed by atoms with Crippen molar-refractivity contribution < 1.29 is 0 Å². The molecule has 2 atom stereocenters. The minimum absolute atomic E-state index is 0.484. The van der Waals surface area contributed by atoms with Crippen molar-refractivity contribution in [3.8, 4) is 0 Å². The third-order valence-corrected chi connectivity index (χ3v) is 4.53. The standard InChI is InChI=1S/C15H29N/c1-15(2,3)13-6-4-5-7-14(13)16-11-10-12-8-9-12/h12-14,16H,4-11H2,1-3H3. The van der Waals surface area contributed by atoms with E-state index in [0.29, 0.717) is 5.41 Å². The van der Waals surface area contributed by atoms with Crippen molar-refractivity contribution in [1.29, 1.82) is 0 Å². The van der Waals surface area contributed by atoms with E-state index in [9.17, 15) is 0 Å². The Morgan fingerprint density at radius 1 is 1.00 bits per heavy atom. The van der Waals surface area contributed by atoms with Crippen LogP contribution in [0.3, 0.4) is 0 Å². The summed E-state index contributed by atoms with van der Waals surface area (Å²) >= 11 is 0. The summed E-state index contributed by atoms with van der Waals surface area (Å²) in [4.78, 5) is 0. The van der Waals surface area contributed by atoms with Crippen LogP contribution in [0.25, 0.3) is 0 Å². The summed E-state index contributed by atoms with van der Waals surface area (Å²) in [5, 5.41) is 3.85. The number of hydrogen-bond donors (Lipinski definition) is 1. The summed E-state index contributed by atoms with van der Waals surface area (Å²) in [5.41, 5.74) is 0.484. The van der Waals surface area contributed by atoms with Crippen LogP contribution in [0.2, 0.25) is 0 Å². The summed E-state index contributed by atoms with van der Waals surface area (Å²) in [5.74, 6) is 1.96. The monoisotopic (exact) mass is 223 g/mol. The van der Waals surface area contributed by atoms with E-state index in [0.717, 1.165) is 17.9 Å². The van der Waals surface area contributed by atoms with Crippen molar-refractivity contribution in [1.82, 2.24) is 5.32 Å². The lowest BCUT2D eigenvalue weighted by molar-refractivity contribution is 0.131. The van der Waals surface area contributed by atoms with E-state index >= 15 is 0 Å². The zero-order valence-electron chi connectivity index (χ0n) is 11.4. The quantitative estimate of drug-likeness (QED) is 0.760. The van der Waals surface area contributed by atoms with Gasteiger partial charge in [-0.25, -0.2) is 0 Å². The van der Waals surface area contributed by atoms with E-state index < -0.39 is 0 Å². The molecule has 2 fully saturated rings. The summed E-state index contributed by atoms with van der Waals surface area (Å²) in [6, 6.07) is 0.799. The molecule has 2 aliphatic rings. The average Bonchev–Trinajstić information content (AvgIpc) is 3.01. The first kappa shape index (κ1) is 12.4. The first-order valence-electron chi connectivity index (χ1n) is 7.31. The predicted molar refractivity (Wildman–Crippen MR) is 70.5 cm³/mol. The van der Waals surface area contributed by atoms with Gasteiger partial charge in [0, 0.05) is 6.04 Å². The molecule has 0 aromatic carbocycles. The lowest BCUT2D eigenvalue weighted by atomic mass is 9.69. The van der Waals surface area contributed by atoms with Crippen molar-refractivity contribution in [2.24, 2.45) is 17.3 Å². The molecule has 0 heterocycles. The van der Waals surface area contributed by atoms with E-state index in [-0.39, 0.29) is 0 Å². The van der Waals surface area contributed by atoms with Crippen LogP contribution in [0.1, 0.15) is 65.7 Å². The lowest BCUT2D eigenvalue weighted by Crippen LogP contribution is -2.44. The minimum atomic E-state index is 0.484. The minimum Gasteiger partial charge on any atom is -0.314 e. The molecule has 0 aromatic heterocycles. The van der Waals surface area contributed by atoms with Crippen LogP contribution in [0.4, 0.5) is 0 Å². The lowest BCUT2D eigenvalue weighted by Gasteiger charge is -2.41. The third kappa shape index (κ3) is 3.48. The first-order chi connectivity index (χ1) is 7.57. The Hall–Kier alpha value is -0.0400. The molecule has 0 bridgehead atoms. The molecular weight excluding hydrogens is 194 g/mol. The van der Waals surface area contributed by atoms with Gasteiger partial charge in [-0.05, 0) is 43.1 Å². The van der Waals surface area contributed by atoms with Crippen LogP contribution in [0, 0.1) is 17.3 Å². The zero-order valence-corrected chi connectivity index (χ0v) is 11.4. The summed E-state index contributed by atoms with van der Waals surface area (Å²) < 4.78 is 0. The van der Waals surface area contributed by atoms with Crippen molar-refractivity contribution in [2.75, 3.05) is 6.54 Å². The molecule has 0 aliphatic heterocycles. The molecule has 1 nitrogen and oxygen atoms in total. The number of hydrogen-bond acceptors (Lipinski definition) is 1. The Bertz CT molecular complexity index is 212. The zero-order chi connectivity index (χ0) is 11.6. The highest BCUT2D eigenvalue weighted by atomic mass is 14.9. The second kappa shape index (κ2) is 5.08. The van der Waals surface area contributed by atoms with E-state index in [4.69, 9.17) is 0 Å². The maximum atomic E-state index is 3.85. The molecule has 0 radical (unpaired) electrons. The highest BCUT2D eigenvalue weighted by molar-refractivity contribution is 4.88. The van der Waals surface area contributed by atoms with Crippen molar-refractivity contribution in [3.05, 3.63) is 0 Å². The Kier molecular flexibility index (Phi) is 3.94. The molecule has 94 valence electrons. The highest BCUT2D eigenvalue weighted by Gasteiger charge is 2.33. The summed E-state index contributed by atoms with van der Waals surface area (Å²) in [6.45, 7) is 8.51. The van der Waals surface area contributed by atoms with Crippen LogP contribution >= 0.6 is 0 Å². The van der Waals surface area contributed by atoms with E-state index in [1.165, 1.54) is 51.5 Å². The van der Waals surface area contributed by atoms with Gasteiger partial charge in [-0.3, -0.25) is 0 Å². The summed E-state index contributed by atoms with van der Waals surface area (Å²) in [7, 11) is 0. The molecule has 16 heavy (non-hydrogen) atoms. The maximum absolute atomic E-state index is 3.85. The van der Waals surface area contributed by atoms with Crippen molar-refractivity contribution in [3.63, 3.8) is 0 Å². The van der Waals surface area contributed by atoms with Gasteiger partial charge in [-0.1, -0.05) is 46.5 Å². The SMILES string of the molecule is CC(C)(C)C1CCCCC1NCCC1CC1. The van der Waals surface area contributed by atoms with E-state index in [1.54, 1.807) is 0 Å². The molecule has 2 aliphatic carbocycles. The normalized spacial score (nSPS) is 31.7. The molecule has 1 N–H and O–H groups in total. The molecular formula is C15H29N. The Morgan fingerprint density at radius 2 is 1.69 bits per heavy atom. The van der Waals surface area contributed by atoms with E-state index in [2.05, 4.69) is 26.1 Å². The van der Waals surface area contributed by atoms with Crippen LogP contribution in [0.5, 0.6) is 0 Å². The predicted octanol–water partition coefficient (Wildman–Crippen LogP) is 3.98. The molecule has 0 spiro atoms. The van der Waals surface area contributed by atoms with Gasteiger partial charge in [0.2, 0.25) is 0 Å². The summed E-state index contributed by atoms with van der Waals surface area (Å²) in [6.07, 6.45) is 10.1. The fourth-order valence-corrected chi connectivity index (χ4v) is 3.29. The maximum Gasteiger partial charge on any atom is 0.0100 e. The molecule has 0 amide bonds. The van der Waals surface area contributed by atoms with Gasteiger partial charge in [0.1, 0.15) is 0 Å². The molecule has 0 aromatic rings. The van der Waals surface area contributed by atoms with Crippen LogP contribution in [-0.4, -0.2) is 12.6 Å². The highest BCUT2D eigenvalue weighted by Crippen LogP contribution is 2.38. The van der Waals surface area contributed by atoms with Crippen LogP contribution in [-0.2, 0) is 0 Å². The smallest absolute Gasteiger partial charge is 0.0100 e. The van der Waals surface area contributed by atoms with E-state index in [1.807, 2.05) is 0 Å². The Labute approximate surface area is 101 Å². The van der Waals surface area contributed by atoms with Gasteiger partial charge in [0.05, 0.1) is 0 Å². The van der Waals surface area contributed by atoms with Gasteiger partial charge in [0.25, 0.3) is 0 Å². The molecule has 0 saturated heterocycles. The fourth-order valence-electron chi connectivity index (χ4n) is 3.29. The largest absolute Gasteiger partial charge is 0.314 e. The average molecular weight is 223 g/mol. The molecule has 1 heteroatoms. The molecule has 2 saturated carbocycles. The number of nitrogens with one attached hydrogen (secondary N) is 1. The van der Waals surface area contributed by atoms with Gasteiger partial charge in [-0.15, -0.1) is 0 Å². The van der Waals surface area contributed by atoms with Crippen molar-refractivity contribution in [2.45, 2.75) is 71.8 Å². The van der Waals surface area contributed by atoms with Crippen LogP contribution < -0.4 is 5.32 Å². The molecule has 2 unspecified atom stereocenters. The fraction of sp³-hybridized carbons (Fsp3) is 1.00. The van der Waals surface area contributed by atoms with Gasteiger partial charge in [0.15, 0.2) is 0 Å². The third-order valence-electron chi connectivity index (χ3n) is 4.53. The Balaban J connectivity index is 1.78. The van der Waals surface area contributed by atoms with Crippen LogP contribution in [0.15, 0.2) is 0 Å². The second-order valence-electron chi connectivity index (χ2n) is 7.05. The van der Waals surface area contributed by atoms with Gasteiger partial charge in [-0.2, -0.15) is 0 Å². The van der Waals surface area contributed by atoms with Gasteiger partial charge >= 0.3 is 0 Å². The topological polar surface area (TPSA) is 12.0 Å².